The van der Waals surface area contributed by atoms with Gasteiger partial charge in [0, 0.05) is 12.1 Å². The molecule has 2 unspecified atom stereocenters. The van der Waals surface area contributed by atoms with Crippen molar-refractivity contribution in [2.45, 2.75) is 19.4 Å². The zero-order valence-corrected chi connectivity index (χ0v) is 8.66. The summed E-state index contributed by atoms with van der Waals surface area (Å²) in [6.07, 6.45) is 0.558. The predicted molar refractivity (Wildman–Crippen MR) is 58.7 cm³/mol. The fraction of sp³-hybridized carbons (Fsp3) is 0.364. The van der Waals surface area contributed by atoms with Gasteiger partial charge >= 0.3 is 0 Å². The Morgan fingerprint density at radius 3 is 2.60 bits per heavy atom. The largest absolute Gasteiger partial charge is 0.399 e. The number of nitrogens with one attached hydrogen (secondary N) is 2. The summed E-state index contributed by atoms with van der Waals surface area (Å²) >= 11 is 0. The van der Waals surface area contributed by atoms with Crippen molar-refractivity contribution in [1.82, 2.24) is 10.9 Å². The molecule has 0 radical (unpaired) electrons. The lowest BCUT2D eigenvalue weighted by molar-refractivity contribution is -0.125. The number of hydrazine groups is 1. The van der Waals surface area contributed by atoms with Crippen molar-refractivity contribution in [3.63, 3.8) is 0 Å². The predicted octanol–water partition coefficient (Wildman–Crippen LogP) is 0.970. The maximum absolute atomic E-state index is 11.1. The van der Waals surface area contributed by atoms with Crippen LogP contribution in [0, 0.1) is 5.92 Å². The Morgan fingerprint density at radius 1 is 1.33 bits per heavy atom. The summed E-state index contributed by atoms with van der Waals surface area (Å²) in [6, 6.07) is 7.89. The molecular formula is C11H15N3O. The van der Waals surface area contributed by atoms with Crippen LogP contribution in [0.15, 0.2) is 24.3 Å². The van der Waals surface area contributed by atoms with Crippen LogP contribution in [0.1, 0.15) is 24.9 Å². The topological polar surface area (TPSA) is 67.2 Å². The Morgan fingerprint density at radius 2 is 2.00 bits per heavy atom. The molecule has 4 nitrogen and oxygen atoms in total. The molecule has 4 N–H and O–H groups in total. The van der Waals surface area contributed by atoms with Gasteiger partial charge < -0.3 is 5.73 Å². The normalized spacial score (nSPS) is 26.1. The van der Waals surface area contributed by atoms with E-state index in [9.17, 15) is 4.79 Å². The average molecular weight is 205 g/mol. The molecule has 1 aromatic carbocycles. The number of amides is 1. The van der Waals surface area contributed by atoms with Crippen LogP contribution in [0.2, 0.25) is 0 Å². The van der Waals surface area contributed by atoms with Crippen LogP contribution in [0.3, 0.4) is 0 Å². The number of hydrogen-bond donors (Lipinski definition) is 3. The van der Waals surface area contributed by atoms with Crippen LogP contribution < -0.4 is 16.6 Å². The summed E-state index contributed by atoms with van der Waals surface area (Å²) in [7, 11) is 0. The summed E-state index contributed by atoms with van der Waals surface area (Å²) in [5.74, 6) is 0.344. The van der Waals surface area contributed by atoms with Crippen molar-refractivity contribution in [3.05, 3.63) is 29.8 Å². The SMILES string of the molecule is CC1CC(=O)NNC1c1ccc(N)cc1. The van der Waals surface area contributed by atoms with E-state index in [2.05, 4.69) is 17.8 Å². The molecule has 0 saturated carbocycles. The first-order valence-corrected chi connectivity index (χ1v) is 5.06. The average Bonchev–Trinajstić information content (AvgIpc) is 2.20. The summed E-state index contributed by atoms with van der Waals surface area (Å²) in [6.45, 7) is 2.06. The van der Waals surface area contributed by atoms with Gasteiger partial charge in [0.1, 0.15) is 0 Å². The first-order valence-electron chi connectivity index (χ1n) is 5.06. The van der Waals surface area contributed by atoms with Gasteiger partial charge in [-0.05, 0) is 23.6 Å². The molecule has 0 bridgehead atoms. The number of carbonyl (C=O) groups is 1. The summed E-state index contributed by atoms with van der Waals surface area (Å²) in [4.78, 5) is 11.1. The fourth-order valence-electron chi connectivity index (χ4n) is 1.88. The van der Waals surface area contributed by atoms with Crippen molar-refractivity contribution < 1.29 is 4.79 Å². The minimum Gasteiger partial charge on any atom is -0.399 e. The Kier molecular flexibility index (Phi) is 2.60. The van der Waals surface area contributed by atoms with Gasteiger partial charge in [-0.25, -0.2) is 5.43 Å². The molecule has 0 spiro atoms. The number of rotatable bonds is 1. The lowest BCUT2D eigenvalue weighted by Crippen LogP contribution is -2.48. The zero-order chi connectivity index (χ0) is 10.8. The van der Waals surface area contributed by atoms with Crippen molar-refractivity contribution in [3.8, 4) is 0 Å². The molecule has 0 aromatic heterocycles. The Bertz CT molecular complexity index is 361. The van der Waals surface area contributed by atoms with Crippen LogP contribution in [-0.2, 0) is 4.79 Å². The molecule has 1 heterocycles. The molecule has 1 aliphatic rings. The smallest absolute Gasteiger partial charge is 0.234 e. The molecule has 2 atom stereocenters. The van der Waals surface area contributed by atoms with Gasteiger partial charge in [-0.3, -0.25) is 10.2 Å². The minimum atomic E-state index is 0.0502. The van der Waals surface area contributed by atoms with E-state index in [1.54, 1.807) is 0 Å². The van der Waals surface area contributed by atoms with Crippen LogP contribution in [0.5, 0.6) is 0 Å². The van der Waals surface area contributed by atoms with Crippen LogP contribution in [0.4, 0.5) is 5.69 Å². The highest BCUT2D eigenvalue weighted by Gasteiger charge is 2.26. The van der Waals surface area contributed by atoms with Gasteiger partial charge in [0.2, 0.25) is 5.91 Å². The van der Waals surface area contributed by atoms with Gasteiger partial charge in [-0.15, -0.1) is 0 Å². The number of nitrogens with two attached hydrogens (primary N) is 1. The second kappa shape index (κ2) is 3.90. The standard InChI is InChI=1S/C11H15N3O/c1-7-6-10(15)13-14-11(7)8-2-4-9(12)5-3-8/h2-5,7,11,14H,6,12H2,1H3,(H,13,15). The Labute approximate surface area is 88.8 Å². The molecule has 1 amide bonds. The molecule has 80 valence electrons. The van der Waals surface area contributed by atoms with E-state index >= 15 is 0 Å². The monoisotopic (exact) mass is 205 g/mol. The molecule has 2 rings (SSSR count). The van der Waals surface area contributed by atoms with E-state index in [1.807, 2.05) is 24.3 Å². The van der Waals surface area contributed by atoms with E-state index in [4.69, 9.17) is 5.73 Å². The molecule has 1 aliphatic heterocycles. The van der Waals surface area contributed by atoms with E-state index < -0.39 is 0 Å². The third kappa shape index (κ3) is 2.10. The van der Waals surface area contributed by atoms with Crippen molar-refractivity contribution in [1.29, 1.82) is 0 Å². The highest BCUT2D eigenvalue weighted by molar-refractivity contribution is 5.76. The molecule has 15 heavy (non-hydrogen) atoms. The number of benzene rings is 1. The molecule has 4 heteroatoms. The molecule has 0 aliphatic carbocycles. The van der Waals surface area contributed by atoms with Crippen LogP contribution in [-0.4, -0.2) is 5.91 Å². The first-order chi connectivity index (χ1) is 7.16. The number of carbonyl (C=O) groups excluding carboxylic acids is 1. The van der Waals surface area contributed by atoms with Crippen molar-refractivity contribution in [2.75, 3.05) is 5.73 Å². The summed E-state index contributed by atoms with van der Waals surface area (Å²) < 4.78 is 0. The Hall–Kier alpha value is -1.55. The maximum atomic E-state index is 11.1. The van der Waals surface area contributed by atoms with Gasteiger partial charge in [-0.2, -0.15) is 0 Å². The van der Waals surface area contributed by atoms with E-state index in [1.165, 1.54) is 0 Å². The van der Waals surface area contributed by atoms with Gasteiger partial charge in [0.15, 0.2) is 0 Å². The van der Waals surface area contributed by atoms with Crippen molar-refractivity contribution >= 4 is 11.6 Å². The highest BCUT2D eigenvalue weighted by atomic mass is 16.2. The maximum Gasteiger partial charge on any atom is 0.234 e. The first kappa shape index (κ1) is 9.98. The van der Waals surface area contributed by atoms with Crippen LogP contribution >= 0.6 is 0 Å². The second-order valence-electron chi connectivity index (χ2n) is 4.02. The van der Waals surface area contributed by atoms with E-state index in [0.29, 0.717) is 12.3 Å². The van der Waals surface area contributed by atoms with E-state index in [-0.39, 0.29) is 11.9 Å². The van der Waals surface area contributed by atoms with E-state index in [0.717, 1.165) is 11.3 Å². The summed E-state index contributed by atoms with van der Waals surface area (Å²) in [5.41, 5.74) is 13.2. The van der Waals surface area contributed by atoms with Crippen molar-refractivity contribution in [2.24, 2.45) is 5.92 Å². The number of hydrogen-bond acceptors (Lipinski definition) is 3. The molecule has 1 fully saturated rings. The zero-order valence-electron chi connectivity index (χ0n) is 8.66. The fourth-order valence-corrected chi connectivity index (χ4v) is 1.88. The minimum absolute atomic E-state index is 0.0502. The quantitative estimate of drug-likeness (QED) is 0.598. The highest BCUT2D eigenvalue weighted by Crippen LogP contribution is 2.26. The third-order valence-electron chi connectivity index (χ3n) is 2.74. The van der Waals surface area contributed by atoms with Gasteiger partial charge in [0.05, 0.1) is 6.04 Å². The second-order valence-corrected chi connectivity index (χ2v) is 4.02. The molecular weight excluding hydrogens is 190 g/mol. The van der Waals surface area contributed by atoms with Gasteiger partial charge in [-0.1, -0.05) is 19.1 Å². The Balaban J connectivity index is 2.16. The molecule has 1 saturated heterocycles. The van der Waals surface area contributed by atoms with Gasteiger partial charge in [0.25, 0.3) is 0 Å². The lowest BCUT2D eigenvalue weighted by atomic mass is 9.91. The number of anilines is 1. The summed E-state index contributed by atoms with van der Waals surface area (Å²) in [5, 5.41) is 0. The number of nitrogen functional groups attached to an aromatic ring is 1. The lowest BCUT2D eigenvalue weighted by Gasteiger charge is -2.30. The third-order valence-corrected chi connectivity index (χ3v) is 2.74. The van der Waals surface area contributed by atoms with Crippen LogP contribution in [0.25, 0.3) is 0 Å². The molecule has 1 aromatic rings.